The summed E-state index contributed by atoms with van der Waals surface area (Å²) < 4.78 is 22.7. The number of hydrogen-bond donors (Lipinski definition) is 2. The smallest absolute Gasteiger partial charge is 0.262 e. The van der Waals surface area contributed by atoms with Gasteiger partial charge in [0.2, 0.25) is 15.9 Å². The van der Waals surface area contributed by atoms with Crippen molar-refractivity contribution in [1.29, 1.82) is 0 Å². The molecule has 0 saturated heterocycles. The van der Waals surface area contributed by atoms with Crippen LogP contribution in [0.25, 0.3) is 0 Å². The molecule has 3 N–H and O–H groups in total. The van der Waals surface area contributed by atoms with E-state index >= 15 is 0 Å². The first-order valence-corrected chi connectivity index (χ1v) is 12.5. The molecule has 1 aliphatic rings. The second-order valence-electron chi connectivity index (χ2n) is 7.05. The molecule has 0 aliphatic carbocycles. The topological polar surface area (TPSA) is 127 Å². The van der Waals surface area contributed by atoms with E-state index in [4.69, 9.17) is 5.14 Å². The molecule has 0 saturated carbocycles. The van der Waals surface area contributed by atoms with E-state index in [1.165, 1.54) is 23.9 Å². The Kier molecular flexibility index (Phi) is 7.14. The number of nitrogens with one attached hydrogen (secondary N) is 1. The number of rotatable bonds is 9. The molecule has 10 heteroatoms. The Labute approximate surface area is 185 Å². The second-order valence-corrected chi connectivity index (χ2v) is 9.60. The van der Waals surface area contributed by atoms with Crippen LogP contribution in [0, 0.1) is 0 Å². The van der Waals surface area contributed by atoms with E-state index in [0.29, 0.717) is 29.7 Å². The number of carbonyl (C=O) groups excluding carboxylic acids is 3. The molecule has 0 bridgehead atoms. The summed E-state index contributed by atoms with van der Waals surface area (Å²) in [6.07, 6.45) is 2.69. The highest BCUT2D eigenvalue weighted by Crippen LogP contribution is 2.26. The fourth-order valence-electron chi connectivity index (χ4n) is 3.39. The third-order valence-electron chi connectivity index (χ3n) is 5.00. The van der Waals surface area contributed by atoms with E-state index in [1.807, 2.05) is 6.26 Å². The minimum absolute atomic E-state index is 0.0167. The van der Waals surface area contributed by atoms with E-state index in [-0.39, 0.29) is 11.4 Å². The highest BCUT2D eigenvalue weighted by Gasteiger charge is 2.42. The Balaban J connectivity index is 1.67. The fraction of sp³-hybridized carbons (Fsp3) is 0.286. The SMILES string of the molecule is CSCCC(C(=O)NCCc1ccc(S(N)(=O)=O)cc1)N1C(=O)c2ccccc2C1=O. The molecule has 31 heavy (non-hydrogen) atoms. The largest absolute Gasteiger partial charge is 0.354 e. The number of nitrogens with zero attached hydrogens (tertiary/aromatic N) is 1. The Morgan fingerprint density at radius 1 is 1.06 bits per heavy atom. The zero-order valence-corrected chi connectivity index (χ0v) is 18.5. The van der Waals surface area contributed by atoms with Gasteiger partial charge in [0, 0.05) is 6.54 Å². The third-order valence-corrected chi connectivity index (χ3v) is 6.57. The van der Waals surface area contributed by atoms with Gasteiger partial charge in [-0.1, -0.05) is 24.3 Å². The van der Waals surface area contributed by atoms with Gasteiger partial charge >= 0.3 is 0 Å². The lowest BCUT2D eigenvalue weighted by atomic mass is 10.1. The normalized spacial score (nSPS) is 14.5. The fourth-order valence-corrected chi connectivity index (χ4v) is 4.37. The van der Waals surface area contributed by atoms with Gasteiger partial charge in [0.15, 0.2) is 0 Å². The van der Waals surface area contributed by atoms with Crippen molar-refractivity contribution < 1.29 is 22.8 Å². The van der Waals surface area contributed by atoms with Crippen molar-refractivity contribution >= 4 is 39.5 Å². The molecule has 0 aromatic heterocycles. The number of imide groups is 1. The number of sulfonamides is 1. The molecule has 1 aliphatic heterocycles. The van der Waals surface area contributed by atoms with Gasteiger partial charge < -0.3 is 5.32 Å². The highest BCUT2D eigenvalue weighted by atomic mass is 32.2. The first-order chi connectivity index (χ1) is 14.7. The lowest BCUT2D eigenvalue weighted by Gasteiger charge is -2.25. The molecule has 1 heterocycles. The molecule has 3 amide bonds. The van der Waals surface area contributed by atoms with Gasteiger partial charge in [-0.05, 0) is 54.7 Å². The van der Waals surface area contributed by atoms with Crippen LogP contribution in [0.5, 0.6) is 0 Å². The monoisotopic (exact) mass is 461 g/mol. The van der Waals surface area contributed by atoms with Crippen molar-refractivity contribution in [2.24, 2.45) is 5.14 Å². The van der Waals surface area contributed by atoms with Crippen LogP contribution in [0.4, 0.5) is 0 Å². The summed E-state index contributed by atoms with van der Waals surface area (Å²) in [5.74, 6) is -0.703. The van der Waals surface area contributed by atoms with Gasteiger partial charge in [-0.2, -0.15) is 11.8 Å². The third kappa shape index (κ3) is 5.15. The van der Waals surface area contributed by atoms with Crippen LogP contribution >= 0.6 is 11.8 Å². The van der Waals surface area contributed by atoms with Gasteiger partial charge in [-0.25, -0.2) is 13.6 Å². The molecule has 0 fully saturated rings. The highest BCUT2D eigenvalue weighted by molar-refractivity contribution is 7.98. The van der Waals surface area contributed by atoms with Crippen molar-refractivity contribution in [2.75, 3.05) is 18.6 Å². The maximum Gasteiger partial charge on any atom is 0.262 e. The number of primary sulfonamides is 1. The van der Waals surface area contributed by atoms with E-state index in [9.17, 15) is 22.8 Å². The molecule has 1 atom stereocenters. The number of amides is 3. The molecule has 2 aromatic rings. The van der Waals surface area contributed by atoms with Crippen LogP contribution < -0.4 is 10.5 Å². The molecule has 8 nitrogen and oxygen atoms in total. The van der Waals surface area contributed by atoms with Crippen LogP contribution in [-0.2, 0) is 21.2 Å². The zero-order valence-electron chi connectivity index (χ0n) is 16.9. The summed E-state index contributed by atoms with van der Waals surface area (Å²) in [7, 11) is -3.76. The van der Waals surface area contributed by atoms with Gasteiger partial charge in [-0.3, -0.25) is 19.3 Å². The first-order valence-electron chi connectivity index (χ1n) is 9.59. The molecular weight excluding hydrogens is 438 g/mol. The summed E-state index contributed by atoms with van der Waals surface area (Å²) >= 11 is 1.53. The first kappa shape index (κ1) is 23.0. The Hall–Kier alpha value is -2.69. The Morgan fingerprint density at radius 2 is 1.65 bits per heavy atom. The summed E-state index contributed by atoms with van der Waals surface area (Å²) in [6.45, 7) is 0.270. The number of thioether (sulfide) groups is 1. The van der Waals surface area contributed by atoms with Gasteiger partial charge in [0.25, 0.3) is 11.8 Å². The average molecular weight is 462 g/mol. The van der Waals surface area contributed by atoms with Crippen molar-refractivity contribution in [3.05, 3.63) is 65.2 Å². The molecule has 1 unspecified atom stereocenters. The van der Waals surface area contributed by atoms with Crippen LogP contribution in [-0.4, -0.2) is 55.6 Å². The zero-order chi connectivity index (χ0) is 22.6. The van der Waals surface area contributed by atoms with Gasteiger partial charge in [0.05, 0.1) is 16.0 Å². The van der Waals surface area contributed by atoms with Crippen LogP contribution in [0.1, 0.15) is 32.7 Å². The number of carbonyl (C=O) groups is 3. The maximum atomic E-state index is 12.9. The van der Waals surface area contributed by atoms with Crippen LogP contribution in [0.15, 0.2) is 53.4 Å². The predicted octanol–water partition coefficient (Wildman–Crippen LogP) is 1.41. The molecule has 164 valence electrons. The number of hydrogen-bond acceptors (Lipinski definition) is 6. The van der Waals surface area contributed by atoms with E-state index in [1.54, 1.807) is 36.4 Å². The quantitative estimate of drug-likeness (QED) is 0.544. The van der Waals surface area contributed by atoms with Gasteiger partial charge in [-0.15, -0.1) is 0 Å². The summed E-state index contributed by atoms with van der Waals surface area (Å²) in [6, 6.07) is 11.7. The molecular formula is C21H23N3O5S2. The number of benzene rings is 2. The van der Waals surface area contributed by atoms with E-state index < -0.39 is 33.8 Å². The Bertz CT molecular complexity index is 1070. The summed E-state index contributed by atoms with van der Waals surface area (Å²) in [5.41, 5.74) is 1.43. The van der Waals surface area contributed by atoms with E-state index in [2.05, 4.69) is 5.32 Å². The van der Waals surface area contributed by atoms with Gasteiger partial charge in [0.1, 0.15) is 6.04 Å². The average Bonchev–Trinajstić information content (AvgIpc) is 2.99. The van der Waals surface area contributed by atoms with Crippen molar-refractivity contribution in [3.8, 4) is 0 Å². The number of fused-ring (bicyclic) bond motifs is 1. The van der Waals surface area contributed by atoms with E-state index in [0.717, 1.165) is 10.5 Å². The number of nitrogens with two attached hydrogens (primary N) is 1. The van der Waals surface area contributed by atoms with Crippen LogP contribution in [0.3, 0.4) is 0 Å². The van der Waals surface area contributed by atoms with Crippen molar-refractivity contribution in [2.45, 2.75) is 23.8 Å². The van der Waals surface area contributed by atoms with Crippen molar-refractivity contribution in [1.82, 2.24) is 10.2 Å². The Morgan fingerprint density at radius 3 is 2.16 bits per heavy atom. The second kappa shape index (κ2) is 9.63. The minimum Gasteiger partial charge on any atom is -0.354 e. The van der Waals surface area contributed by atoms with Crippen molar-refractivity contribution in [3.63, 3.8) is 0 Å². The molecule has 2 aromatic carbocycles. The lowest BCUT2D eigenvalue weighted by molar-refractivity contribution is -0.125. The summed E-state index contributed by atoms with van der Waals surface area (Å²) in [4.78, 5) is 39.5. The van der Waals surface area contributed by atoms with Crippen LogP contribution in [0.2, 0.25) is 0 Å². The molecule has 3 rings (SSSR count). The molecule has 0 radical (unpaired) electrons. The molecule has 0 spiro atoms. The lowest BCUT2D eigenvalue weighted by Crippen LogP contribution is -2.50. The predicted molar refractivity (Wildman–Crippen MR) is 118 cm³/mol. The summed E-state index contributed by atoms with van der Waals surface area (Å²) in [5, 5.41) is 7.88. The standard InChI is InChI=1S/C21H23N3O5S2/c1-30-13-11-18(24-20(26)16-4-2-3-5-17(16)21(24)27)19(25)23-12-10-14-6-8-15(9-7-14)31(22,28)29/h2-9,18H,10-13H2,1H3,(H,23,25)(H2,22,28,29). The maximum absolute atomic E-state index is 12.9. The minimum atomic E-state index is -3.76.